The molecule has 2 aromatic carbocycles. The van der Waals surface area contributed by atoms with Gasteiger partial charge in [-0.25, -0.2) is 13.8 Å². The molecule has 3 N–H and O–H groups in total. The first-order valence-electron chi connectivity index (χ1n) is 13.9. The number of likely N-dealkylation sites (tertiary alicyclic amines) is 1. The highest BCUT2D eigenvalue weighted by molar-refractivity contribution is 7.22. The molecule has 0 saturated carbocycles. The van der Waals surface area contributed by atoms with Gasteiger partial charge in [0.15, 0.2) is 10.9 Å². The maximum atomic E-state index is 16.6. The van der Waals surface area contributed by atoms with E-state index in [9.17, 15) is 17.6 Å². The molecule has 43 heavy (non-hydrogen) atoms. The molecule has 2 bridgehead atoms. The van der Waals surface area contributed by atoms with Crippen molar-refractivity contribution in [3.05, 3.63) is 34.9 Å². The number of fused-ring (bicyclic) bond motifs is 4. The molecule has 228 valence electrons. The van der Waals surface area contributed by atoms with E-state index < -0.39 is 29.8 Å². The van der Waals surface area contributed by atoms with Crippen molar-refractivity contribution in [3.8, 4) is 17.1 Å². The van der Waals surface area contributed by atoms with Crippen LogP contribution < -0.4 is 20.7 Å². The van der Waals surface area contributed by atoms with Gasteiger partial charge in [0.05, 0.1) is 21.2 Å². The number of piperazine rings is 1. The van der Waals surface area contributed by atoms with Crippen LogP contribution in [0.15, 0.2) is 18.2 Å². The van der Waals surface area contributed by atoms with Crippen LogP contribution in [0.2, 0.25) is 5.02 Å². The smallest absolute Gasteiger partial charge is 0.393 e. The van der Waals surface area contributed by atoms with E-state index in [1.807, 2.05) is 4.90 Å². The number of alkyl halides is 3. The molecule has 3 saturated heterocycles. The average molecular weight is 640 g/mol. The zero-order valence-electron chi connectivity index (χ0n) is 22.9. The van der Waals surface area contributed by atoms with E-state index in [0.717, 1.165) is 24.2 Å². The van der Waals surface area contributed by atoms with Crippen molar-refractivity contribution in [2.24, 2.45) is 5.92 Å². The van der Waals surface area contributed by atoms with Gasteiger partial charge >= 0.3 is 12.2 Å². The highest BCUT2D eigenvalue weighted by Gasteiger charge is 2.46. The number of benzene rings is 2. The number of nitrogens with zero attached hydrogens (tertiary/aromatic N) is 5. The maximum Gasteiger partial charge on any atom is 0.393 e. The van der Waals surface area contributed by atoms with E-state index in [4.69, 9.17) is 22.1 Å². The molecule has 7 rings (SSSR count). The van der Waals surface area contributed by atoms with Gasteiger partial charge in [0, 0.05) is 54.3 Å². The number of hydrogen-bond acceptors (Lipinski definition) is 9. The third-order valence-corrected chi connectivity index (χ3v) is 9.89. The second kappa shape index (κ2) is 10.5. The highest BCUT2D eigenvalue weighted by Crippen LogP contribution is 2.43. The Bertz CT molecular complexity index is 1720. The van der Waals surface area contributed by atoms with Gasteiger partial charge in [-0.2, -0.15) is 23.1 Å². The highest BCUT2D eigenvalue weighted by atomic mass is 35.5. The molecule has 0 spiro atoms. The van der Waals surface area contributed by atoms with Gasteiger partial charge in [-0.15, -0.1) is 0 Å². The summed E-state index contributed by atoms with van der Waals surface area (Å²) in [6.07, 6.45) is -2.42. The first kappa shape index (κ1) is 28.7. The molecular formula is C28H27ClF5N7OS. The summed E-state index contributed by atoms with van der Waals surface area (Å²) >= 11 is 7.67. The van der Waals surface area contributed by atoms with Crippen molar-refractivity contribution in [2.75, 3.05) is 43.9 Å². The lowest BCUT2D eigenvalue weighted by molar-refractivity contribution is -0.170. The first-order valence-corrected chi connectivity index (χ1v) is 15.1. The summed E-state index contributed by atoms with van der Waals surface area (Å²) in [5.41, 5.74) is 6.18. The Balaban J connectivity index is 1.32. The molecule has 3 aliphatic heterocycles. The van der Waals surface area contributed by atoms with Gasteiger partial charge in [0.25, 0.3) is 0 Å². The summed E-state index contributed by atoms with van der Waals surface area (Å²) in [5.74, 6) is -2.34. The Kier molecular flexibility index (Phi) is 7.02. The standard InChI is InChI=1S/C28H27ClF5N7OS/c1-40-8-12(28(32,33)34)6-15(40)11-42-27-38-22-17(25(39-27)41-9-13-2-3-14(10-41)36-13)7-18(29)20(21(22)31)16-4-5-19(30)24-23(16)37-26(35)43-24/h4-5,7,12-15,36H,2-3,6,8-11H2,1H3,(H2,35,37)/t12-,13?,14?,15+/m1/s1. The molecule has 2 unspecified atom stereocenters. The zero-order chi connectivity index (χ0) is 30.2. The fourth-order valence-corrected chi connectivity index (χ4v) is 7.62. The van der Waals surface area contributed by atoms with Crippen LogP contribution in [0.25, 0.3) is 32.2 Å². The number of hydrogen-bond donors (Lipinski definition) is 2. The second-order valence-electron chi connectivity index (χ2n) is 11.5. The fraction of sp³-hybridized carbons (Fsp3) is 0.464. The predicted octanol–water partition coefficient (Wildman–Crippen LogP) is 5.62. The molecule has 15 heteroatoms. The summed E-state index contributed by atoms with van der Waals surface area (Å²) in [7, 11) is 1.62. The van der Waals surface area contributed by atoms with E-state index in [1.165, 1.54) is 12.1 Å². The number of rotatable bonds is 5. The Labute approximate surface area is 252 Å². The number of halogens is 6. The van der Waals surface area contributed by atoms with Crippen LogP contribution in [0.3, 0.4) is 0 Å². The minimum Gasteiger partial charge on any atom is -0.462 e. The van der Waals surface area contributed by atoms with Gasteiger partial charge in [-0.1, -0.05) is 22.9 Å². The number of nitrogens with one attached hydrogen (secondary N) is 1. The van der Waals surface area contributed by atoms with Crippen molar-refractivity contribution in [2.45, 2.75) is 43.6 Å². The Morgan fingerprint density at radius 3 is 2.53 bits per heavy atom. The summed E-state index contributed by atoms with van der Waals surface area (Å²) in [6.45, 7) is 1.02. The molecule has 8 nitrogen and oxygen atoms in total. The van der Waals surface area contributed by atoms with E-state index in [0.29, 0.717) is 24.3 Å². The minimum absolute atomic E-state index is 0.0241. The molecule has 0 amide bonds. The van der Waals surface area contributed by atoms with Gasteiger partial charge < -0.3 is 20.7 Å². The molecule has 2 aromatic heterocycles. The number of nitrogen functional groups attached to an aromatic ring is 1. The Morgan fingerprint density at radius 1 is 1.09 bits per heavy atom. The van der Waals surface area contributed by atoms with Gasteiger partial charge in [-0.05, 0) is 44.5 Å². The summed E-state index contributed by atoms with van der Waals surface area (Å²) in [4.78, 5) is 16.9. The van der Waals surface area contributed by atoms with Crippen molar-refractivity contribution in [1.29, 1.82) is 0 Å². The fourth-order valence-electron chi connectivity index (χ4n) is 6.56. The second-order valence-corrected chi connectivity index (χ2v) is 13.0. The van der Waals surface area contributed by atoms with Gasteiger partial charge in [-0.3, -0.25) is 4.90 Å². The lowest BCUT2D eigenvalue weighted by Crippen LogP contribution is -2.51. The summed E-state index contributed by atoms with van der Waals surface area (Å²) < 4.78 is 77.3. The summed E-state index contributed by atoms with van der Waals surface area (Å²) in [5, 5.41) is 4.10. The van der Waals surface area contributed by atoms with Crippen molar-refractivity contribution < 1.29 is 26.7 Å². The lowest BCUT2D eigenvalue weighted by atomic mass is 10.0. The quantitative estimate of drug-likeness (QED) is 0.272. The maximum absolute atomic E-state index is 16.6. The van der Waals surface area contributed by atoms with Gasteiger partial charge in [0.2, 0.25) is 0 Å². The van der Waals surface area contributed by atoms with Crippen LogP contribution >= 0.6 is 22.9 Å². The Hall–Kier alpha value is -3.07. The first-order chi connectivity index (χ1) is 20.5. The third kappa shape index (κ3) is 5.11. The minimum atomic E-state index is -4.30. The SMILES string of the molecule is CN1C[C@H](C(F)(F)F)C[C@H]1COc1nc(N2CC3CCC(C2)N3)c2cc(Cl)c(-c3ccc(F)c4sc(N)nc34)c(F)c2n1. The number of anilines is 2. The average Bonchev–Trinajstić information content (AvgIpc) is 3.64. The third-order valence-electron chi connectivity index (χ3n) is 8.70. The van der Waals surface area contributed by atoms with Crippen LogP contribution in [0, 0.1) is 17.6 Å². The largest absolute Gasteiger partial charge is 0.462 e. The van der Waals surface area contributed by atoms with Crippen molar-refractivity contribution >= 4 is 55.0 Å². The number of nitrogens with two attached hydrogens (primary N) is 1. The molecule has 3 aliphatic rings. The molecular weight excluding hydrogens is 613 g/mol. The molecule has 0 radical (unpaired) electrons. The van der Waals surface area contributed by atoms with E-state index in [2.05, 4.69) is 20.3 Å². The number of ether oxygens (including phenoxy) is 1. The number of aromatic nitrogens is 3. The lowest BCUT2D eigenvalue weighted by Gasteiger charge is -2.34. The number of thiazole rings is 1. The predicted molar refractivity (Wildman–Crippen MR) is 156 cm³/mol. The molecule has 3 fully saturated rings. The molecule has 4 atom stereocenters. The topological polar surface area (TPSA) is 92.4 Å². The Morgan fingerprint density at radius 2 is 1.84 bits per heavy atom. The zero-order valence-corrected chi connectivity index (χ0v) is 24.5. The van der Waals surface area contributed by atoms with Crippen molar-refractivity contribution in [3.63, 3.8) is 0 Å². The summed E-state index contributed by atoms with van der Waals surface area (Å²) in [6, 6.07) is 4.00. The van der Waals surface area contributed by atoms with Crippen LogP contribution in [-0.2, 0) is 0 Å². The molecule has 0 aliphatic carbocycles. The monoisotopic (exact) mass is 639 g/mol. The molecule has 5 heterocycles. The van der Waals surface area contributed by atoms with E-state index in [1.54, 1.807) is 18.0 Å². The van der Waals surface area contributed by atoms with Crippen LogP contribution in [0.5, 0.6) is 6.01 Å². The van der Waals surface area contributed by atoms with Crippen LogP contribution in [0.1, 0.15) is 19.3 Å². The van der Waals surface area contributed by atoms with Crippen LogP contribution in [0.4, 0.5) is 32.9 Å². The van der Waals surface area contributed by atoms with E-state index >= 15 is 4.39 Å². The van der Waals surface area contributed by atoms with Gasteiger partial charge in [0.1, 0.15) is 23.8 Å². The van der Waals surface area contributed by atoms with Crippen molar-refractivity contribution in [1.82, 2.24) is 25.2 Å². The number of likely N-dealkylation sites (N-methyl/N-ethyl adjacent to an activating group) is 1. The van der Waals surface area contributed by atoms with E-state index in [-0.39, 0.29) is 74.7 Å². The normalized spacial score (nSPS) is 24.5. The van der Waals surface area contributed by atoms with Crippen LogP contribution in [-0.4, -0.2) is 77.4 Å². The molecule has 4 aromatic rings.